The molecule has 2 unspecified atom stereocenters. The Morgan fingerprint density at radius 1 is 1.30 bits per heavy atom. The average Bonchev–Trinajstić information content (AvgIpc) is 2.64. The van der Waals surface area contributed by atoms with E-state index in [4.69, 9.17) is 22.1 Å². The van der Waals surface area contributed by atoms with Crippen LogP contribution in [0.15, 0.2) is 42.5 Å². The van der Waals surface area contributed by atoms with Crippen LogP contribution in [0.1, 0.15) is 25.8 Å². The Labute approximate surface area is 164 Å². The van der Waals surface area contributed by atoms with E-state index in [0.29, 0.717) is 23.4 Å². The molecule has 0 saturated carbocycles. The van der Waals surface area contributed by atoms with Gasteiger partial charge in [-0.1, -0.05) is 35.9 Å². The molecule has 2 atom stereocenters. The van der Waals surface area contributed by atoms with Gasteiger partial charge in [0.2, 0.25) is 0 Å². The summed E-state index contributed by atoms with van der Waals surface area (Å²) in [4.78, 5) is 12.1. The summed E-state index contributed by atoms with van der Waals surface area (Å²) in [6.45, 7) is 3.30. The molecule has 0 spiro atoms. The summed E-state index contributed by atoms with van der Waals surface area (Å²) in [5.41, 5.74) is 7.29. The van der Waals surface area contributed by atoms with Crippen LogP contribution in [-0.2, 0) is 16.0 Å². The van der Waals surface area contributed by atoms with Crippen LogP contribution >= 0.6 is 11.6 Å². The number of aliphatic hydroxyl groups excluding tert-OH is 1. The summed E-state index contributed by atoms with van der Waals surface area (Å²) in [5.74, 6) is -0.785. The highest BCUT2D eigenvalue weighted by molar-refractivity contribution is 6.30. The molecule has 146 valence electrons. The van der Waals surface area contributed by atoms with E-state index in [-0.39, 0.29) is 25.1 Å². The molecule has 2 rings (SSSR count). The molecule has 2 aromatic carbocycles. The summed E-state index contributed by atoms with van der Waals surface area (Å²) in [6.07, 6.45) is 0.820. The SMILES string of the molecule is CCOC(=O)C(C)(CO)CC(N)Cc1ccc(-c2cc(Cl)ccc2F)cc1. The lowest BCUT2D eigenvalue weighted by Gasteiger charge is -2.27. The van der Waals surface area contributed by atoms with Crippen LogP contribution in [0.5, 0.6) is 0 Å². The second kappa shape index (κ2) is 9.31. The van der Waals surface area contributed by atoms with Crippen molar-refractivity contribution in [1.29, 1.82) is 0 Å². The number of hydrogen-bond donors (Lipinski definition) is 2. The molecule has 27 heavy (non-hydrogen) atoms. The Balaban J connectivity index is 2.07. The third kappa shape index (κ3) is 5.51. The Bertz CT molecular complexity index is 781. The fourth-order valence-corrected chi connectivity index (χ4v) is 3.18. The maximum atomic E-state index is 14.0. The topological polar surface area (TPSA) is 72.5 Å². The third-order valence-electron chi connectivity index (χ3n) is 4.52. The third-order valence-corrected chi connectivity index (χ3v) is 4.76. The molecule has 0 aliphatic rings. The van der Waals surface area contributed by atoms with Gasteiger partial charge in [0.05, 0.1) is 18.6 Å². The van der Waals surface area contributed by atoms with Crippen LogP contribution in [-0.4, -0.2) is 30.3 Å². The fraction of sp³-hybridized carbons (Fsp3) is 0.381. The summed E-state index contributed by atoms with van der Waals surface area (Å²) < 4.78 is 19.0. The highest BCUT2D eigenvalue weighted by Gasteiger charge is 2.35. The maximum Gasteiger partial charge on any atom is 0.314 e. The zero-order valence-corrected chi connectivity index (χ0v) is 16.3. The van der Waals surface area contributed by atoms with Gasteiger partial charge in [0.15, 0.2) is 0 Å². The number of carbonyl (C=O) groups is 1. The maximum absolute atomic E-state index is 14.0. The molecular weight excluding hydrogens is 369 g/mol. The monoisotopic (exact) mass is 393 g/mol. The van der Waals surface area contributed by atoms with Gasteiger partial charge in [-0.2, -0.15) is 0 Å². The predicted octanol–water partition coefficient (Wildman–Crippen LogP) is 3.97. The minimum Gasteiger partial charge on any atom is -0.466 e. The lowest BCUT2D eigenvalue weighted by atomic mass is 9.83. The molecule has 0 bridgehead atoms. The molecule has 2 aromatic rings. The Hall–Kier alpha value is -1.95. The fourth-order valence-electron chi connectivity index (χ4n) is 3.01. The number of esters is 1. The summed E-state index contributed by atoms with van der Waals surface area (Å²) in [6, 6.07) is 11.5. The minimum absolute atomic E-state index is 0.255. The van der Waals surface area contributed by atoms with Crippen LogP contribution in [0.25, 0.3) is 11.1 Å². The zero-order chi connectivity index (χ0) is 20.0. The highest BCUT2D eigenvalue weighted by atomic mass is 35.5. The van der Waals surface area contributed by atoms with Crippen molar-refractivity contribution in [3.05, 3.63) is 58.9 Å². The minimum atomic E-state index is -1.03. The van der Waals surface area contributed by atoms with Gasteiger partial charge in [0.1, 0.15) is 5.82 Å². The van der Waals surface area contributed by atoms with Crippen LogP contribution in [0.3, 0.4) is 0 Å². The molecule has 0 aromatic heterocycles. The molecular formula is C21H25ClFNO3. The standard InChI is InChI=1S/C21H25ClFNO3/c1-3-27-20(26)21(2,13-25)12-17(24)10-14-4-6-15(7-5-14)18-11-16(22)8-9-19(18)23/h4-9,11,17,25H,3,10,12-13,24H2,1-2H3. The van der Waals surface area contributed by atoms with Crippen molar-refractivity contribution in [3.8, 4) is 11.1 Å². The van der Waals surface area contributed by atoms with Gasteiger partial charge in [0, 0.05) is 16.6 Å². The molecule has 0 radical (unpaired) electrons. The van der Waals surface area contributed by atoms with Gasteiger partial charge < -0.3 is 15.6 Å². The second-order valence-corrected chi connectivity index (χ2v) is 7.37. The van der Waals surface area contributed by atoms with Gasteiger partial charge in [-0.3, -0.25) is 4.79 Å². The number of halogens is 2. The molecule has 0 fully saturated rings. The number of hydrogen-bond acceptors (Lipinski definition) is 4. The number of benzene rings is 2. The average molecular weight is 394 g/mol. The van der Waals surface area contributed by atoms with E-state index in [1.54, 1.807) is 19.9 Å². The molecule has 0 amide bonds. The normalized spacial score (nSPS) is 14.4. The van der Waals surface area contributed by atoms with E-state index in [1.807, 2.05) is 24.3 Å². The highest BCUT2D eigenvalue weighted by Crippen LogP contribution is 2.28. The number of nitrogens with two attached hydrogens (primary N) is 1. The quantitative estimate of drug-likeness (QED) is 0.665. The first-order chi connectivity index (χ1) is 12.8. The number of carbonyl (C=O) groups excluding carboxylic acids is 1. The number of ether oxygens (including phenoxy) is 1. The van der Waals surface area contributed by atoms with Crippen molar-refractivity contribution >= 4 is 17.6 Å². The summed E-state index contributed by atoms with van der Waals surface area (Å²) in [7, 11) is 0. The van der Waals surface area contributed by atoms with E-state index >= 15 is 0 Å². The van der Waals surface area contributed by atoms with E-state index in [0.717, 1.165) is 11.1 Å². The first-order valence-corrected chi connectivity index (χ1v) is 9.25. The largest absolute Gasteiger partial charge is 0.466 e. The van der Waals surface area contributed by atoms with E-state index < -0.39 is 11.4 Å². The van der Waals surface area contributed by atoms with Crippen LogP contribution in [0.2, 0.25) is 5.02 Å². The van der Waals surface area contributed by atoms with Gasteiger partial charge in [0.25, 0.3) is 0 Å². The Morgan fingerprint density at radius 2 is 1.96 bits per heavy atom. The first-order valence-electron chi connectivity index (χ1n) is 8.87. The lowest BCUT2D eigenvalue weighted by molar-refractivity contribution is -0.157. The smallest absolute Gasteiger partial charge is 0.314 e. The molecule has 0 aliphatic heterocycles. The van der Waals surface area contributed by atoms with Crippen LogP contribution in [0.4, 0.5) is 4.39 Å². The molecule has 0 heterocycles. The molecule has 3 N–H and O–H groups in total. The summed E-state index contributed by atoms with van der Waals surface area (Å²) >= 11 is 5.95. The van der Waals surface area contributed by atoms with Crippen molar-refractivity contribution in [1.82, 2.24) is 0 Å². The number of aliphatic hydroxyl groups is 1. The first kappa shape index (κ1) is 21.4. The molecule has 0 saturated heterocycles. The van der Waals surface area contributed by atoms with Crippen molar-refractivity contribution in [3.63, 3.8) is 0 Å². The number of rotatable bonds is 8. The summed E-state index contributed by atoms with van der Waals surface area (Å²) in [5, 5.41) is 10.1. The van der Waals surface area contributed by atoms with Gasteiger partial charge >= 0.3 is 5.97 Å². The van der Waals surface area contributed by atoms with E-state index in [9.17, 15) is 14.3 Å². The van der Waals surface area contributed by atoms with Gasteiger partial charge in [-0.05, 0) is 56.0 Å². The second-order valence-electron chi connectivity index (χ2n) is 6.93. The van der Waals surface area contributed by atoms with E-state index in [2.05, 4.69) is 0 Å². The van der Waals surface area contributed by atoms with Crippen molar-refractivity contribution in [2.45, 2.75) is 32.7 Å². The van der Waals surface area contributed by atoms with Gasteiger partial charge in [-0.15, -0.1) is 0 Å². The van der Waals surface area contributed by atoms with Crippen LogP contribution in [0, 0.1) is 11.2 Å². The molecule has 4 nitrogen and oxygen atoms in total. The molecule has 0 aliphatic carbocycles. The zero-order valence-electron chi connectivity index (χ0n) is 15.5. The van der Waals surface area contributed by atoms with Crippen molar-refractivity contribution in [2.24, 2.45) is 11.1 Å². The van der Waals surface area contributed by atoms with Crippen LogP contribution < -0.4 is 5.73 Å². The molecule has 6 heteroatoms. The Morgan fingerprint density at radius 3 is 2.56 bits per heavy atom. The predicted molar refractivity (Wildman–Crippen MR) is 105 cm³/mol. The lowest BCUT2D eigenvalue weighted by Crippen LogP contribution is -2.40. The van der Waals surface area contributed by atoms with Crippen molar-refractivity contribution in [2.75, 3.05) is 13.2 Å². The van der Waals surface area contributed by atoms with E-state index in [1.165, 1.54) is 12.1 Å². The Kier molecular flexibility index (Phi) is 7.36. The van der Waals surface area contributed by atoms with Gasteiger partial charge in [-0.25, -0.2) is 4.39 Å². The van der Waals surface area contributed by atoms with Crippen molar-refractivity contribution < 1.29 is 19.0 Å².